The van der Waals surface area contributed by atoms with E-state index in [-0.39, 0.29) is 6.01 Å². The van der Waals surface area contributed by atoms with Crippen LogP contribution >= 0.6 is 0 Å². The average Bonchev–Trinajstić information content (AvgIpc) is 2.51. The maximum Gasteiger partial charge on any atom is 0.322 e. The second-order valence-corrected chi connectivity index (χ2v) is 3.96. The Morgan fingerprint density at radius 2 is 1.40 bits per heavy atom. The highest BCUT2D eigenvalue weighted by molar-refractivity contribution is 5.36. The summed E-state index contributed by atoms with van der Waals surface area (Å²) in [6.45, 7) is 0. The highest BCUT2D eigenvalue weighted by Gasteiger charge is 2.01. The molecule has 0 spiro atoms. The fourth-order valence-electron chi connectivity index (χ4n) is 1.61. The van der Waals surface area contributed by atoms with Crippen molar-refractivity contribution >= 4 is 0 Å². The van der Waals surface area contributed by atoms with Gasteiger partial charge in [0.1, 0.15) is 17.2 Å². The van der Waals surface area contributed by atoms with Crippen LogP contribution in [0.3, 0.4) is 0 Å². The van der Waals surface area contributed by atoms with Crippen LogP contribution in [0, 0.1) is 6.20 Å². The van der Waals surface area contributed by atoms with Gasteiger partial charge >= 0.3 is 6.01 Å². The van der Waals surface area contributed by atoms with E-state index in [0.29, 0.717) is 5.75 Å². The van der Waals surface area contributed by atoms with Crippen molar-refractivity contribution in [2.75, 3.05) is 0 Å². The largest absolute Gasteiger partial charge is 0.457 e. The smallest absolute Gasteiger partial charge is 0.322 e. The Hall–Kier alpha value is -2.88. The number of para-hydroxylation sites is 1. The fourth-order valence-corrected chi connectivity index (χ4v) is 1.61. The Morgan fingerprint density at radius 1 is 0.750 bits per heavy atom. The van der Waals surface area contributed by atoms with Crippen LogP contribution in [-0.4, -0.2) is 9.97 Å². The third-order valence-electron chi connectivity index (χ3n) is 2.51. The molecule has 4 heteroatoms. The maximum atomic E-state index is 5.69. The SMILES string of the molecule is [c]1ccnc(Oc2ccc(Oc3ccccc3)cc2)n1. The van der Waals surface area contributed by atoms with E-state index in [9.17, 15) is 0 Å². The van der Waals surface area contributed by atoms with Gasteiger partial charge in [0.05, 0.1) is 6.20 Å². The summed E-state index contributed by atoms with van der Waals surface area (Å²) in [6.07, 6.45) is 4.24. The van der Waals surface area contributed by atoms with Gasteiger partial charge in [-0.05, 0) is 42.5 Å². The van der Waals surface area contributed by atoms with Crippen molar-refractivity contribution in [1.82, 2.24) is 9.97 Å². The zero-order valence-electron chi connectivity index (χ0n) is 10.6. The maximum absolute atomic E-state index is 5.69. The van der Waals surface area contributed by atoms with E-state index in [0.717, 1.165) is 11.5 Å². The van der Waals surface area contributed by atoms with Gasteiger partial charge in [-0.25, -0.2) is 4.98 Å². The van der Waals surface area contributed by atoms with Crippen molar-refractivity contribution < 1.29 is 9.47 Å². The molecule has 0 amide bonds. The van der Waals surface area contributed by atoms with Gasteiger partial charge in [-0.2, -0.15) is 4.98 Å². The molecule has 2 aromatic carbocycles. The normalized spacial score (nSPS) is 10.0. The van der Waals surface area contributed by atoms with E-state index in [1.54, 1.807) is 24.4 Å². The first-order chi connectivity index (χ1) is 9.90. The number of hydrogen-bond acceptors (Lipinski definition) is 4. The summed E-state index contributed by atoms with van der Waals surface area (Å²) in [6, 6.07) is 18.7. The van der Waals surface area contributed by atoms with Gasteiger partial charge in [-0.1, -0.05) is 18.2 Å². The quantitative estimate of drug-likeness (QED) is 0.717. The Balaban J connectivity index is 1.69. The van der Waals surface area contributed by atoms with Crippen LogP contribution in [0.5, 0.6) is 23.3 Å². The summed E-state index contributed by atoms with van der Waals surface area (Å²) in [5.74, 6) is 2.18. The van der Waals surface area contributed by atoms with Gasteiger partial charge in [0.25, 0.3) is 0 Å². The van der Waals surface area contributed by atoms with E-state index >= 15 is 0 Å². The van der Waals surface area contributed by atoms with Crippen molar-refractivity contribution in [2.24, 2.45) is 0 Å². The molecular weight excluding hydrogens is 252 g/mol. The first kappa shape index (κ1) is 12.2. The molecule has 0 aliphatic rings. The molecule has 3 aromatic rings. The second-order valence-electron chi connectivity index (χ2n) is 3.96. The molecule has 97 valence electrons. The van der Waals surface area contributed by atoms with E-state index in [2.05, 4.69) is 16.2 Å². The summed E-state index contributed by atoms with van der Waals surface area (Å²) in [7, 11) is 0. The van der Waals surface area contributed by atoms with Gasteiger partial charge in [0, 0.05) is 6.20 Å². The van der Waals surface area contributed by atoms with E-state index < -0.39 is 0 Å². The highest BCUT2D eigenvalue weighted by atomic mass is 16.5. The number of nitrogens with zero attached hydrogens (tertiary/aromatic N) is 2. The molecule has 20 heavy (non-hydrogen) atoms. The standard InChI is InChI=1S/C16H11N2O2/c1-2-5-13(6-3-1)19-14-7-9-15(10-8-14)20-16-17-11-4-12-18-16/h1-11H. The molecule has 0 bridgehead atoms. The summed E-state index contributed by atoms with van der Waals surface area (Å²) in [5.41, 5.74) is 0. The molecule has 0 aliphatic carbocycles. The average molecular weight is 263 g/mol. The van der Waals surface area contributed by atoms with Gasteiger partial charge in [-0.15, -0.1) is 0 Å². The van der Waals surface area contributed by atoms with Gasteiger partial charge in [0.2, 0.25) is 0 Å². The van der Waals surface area contributed by atoms with Crippen molar-refractivity contribution in [3.8, 4) is 23.3 Å². The Bertz CT molecular complexity index is 595. The topological polar surface area (TPSA) is 44.2 Å². The molecule has 0 saturated heterocycles. The first-order valence-corrected chi connectivity index (χ1v) is 6.10. The number of ether oxygens (including phenoxy) is 2. The zero-order valence-corrected chi connectivity index (χ0v) is 10.6. The molecule has 0 atom stereocenters. The van der Waals surface area contributed by atoms with Gasteiger partial charge < -0.3 is 9.47 Å². The molecule has 0 saturated carbocycles. The lowest BCUT2D eigenvalue weighted by molar-refractivity contribution is 0.438. The summed E-state index contributed by atoms with van der Waals surface area (Å²) in [4.78, 5) is 7.84. The van der Waals surface area contributed by atoms with Crippen LogP contribution < -0.4 is 9.47 Å². The Kier molecular flexibility index (Phi) is 3.55. The number of hydrogen-bond donors (Lipinski definition) is 0. The third kappa shape index (κ3) is 3.11. The molecule has 3 rings (SSSR count). The molecule has 1 heterocycles. The number of benzene rings is 2. The number of aromatic nitrogens is 2. The van der Waals surface area contributed by atoms with E-state index in [1.165, 1.54) is 0 Å². The predicted octanol–water partition coefficient (Wildman–Crippen LogP) is 3.86. The molecule has 0 aliphatic heterocycles. The molecule has 1 radical (unpaired) electrons. The fraction of sp³-hybridized carbons (Fsp3) is 0. The van der Waals surface area contributed by atoms with Crippen molar-refractivity contribution in [3.05, 3.63) is 73.1 Å². The minimum atomic E-state index is 0.268. The van der Waals surface area contributed by atoms with Crippen LogP contribution in [0.15, 0.2) is 66.9 Å². The minimum Gasteiger partial charge on any atom is -0.457 e. The Morgan fingerprint density at radius 3 is 2.05 bits per heavy atom. The summed E-state index contributed by atoms with van der Waals surface area (Å²) >= 11 is 0. The van der Waals surface area contributed by atoms with Crippen molar-refractivity contribution in [1.29, 1.82) is 0 Å². The molecule has 4 nitrogen and oxygen atoms in total. The second kappa shape index (κ2) is 5.84. The molecule has 0 unspecified atom stereocenters. The van der Waals surface area contributed by atoms with Crippen LogP contribution in [-0.2, 0) is 0 Å². The Labute approximate surface area is 116 Å². The third-order valence-corrected chi connectivity index (χ3v) is 2.51. The van der Waals surface area contributed by atoms with Crippen molar-refractivity contribution in [3.63, 3.8) is 0 Å². The van der Waals surface area contributed by atoms with Crippen LogP contribution in [0.4, 0.5) is 0 Å². The predicted molar refractivity (Wildman–Crippen MR) is 73.9 cm³/mol. The minimum absolute atomic E-state index is 0.268. The lowest BCUT2D eigenvalue weighted by Crippen LogP contribution is -1.90. The van der Waals surface area contributed by atoms with Crippen molar-refractivity contribution in [2.45, 2.75) is 0 Å². The number of rotatable bonds is 4. The van der Waals surface area contributed by atoms with Crippen LogP contribution in [0.2, 0.25) is 0 Å². The van der Waals surface area contributed by atoms with Crippen LogP contribution in [0.1, 0.15) is 0 Å². The molecular formula is C16H11N2O2. The molecule has 0 fully saturated rings. The lowest BCUT2D eigenvalue weighted by Gasteiger charge is -2.06. The zero-order chi connectivity index (χ0) is 13.6. The molecule has 0 N–H and O–H groups in total. The van der Waals surface area contributed by atoms with Gasteiger partial charge in [-0.3, -0.25) is 0 Å². The summed E-state index contributed by atoms with van der Waals surface area (Å²) in [5, 5.41) is 0. The lowest BCUT2D eigenvalue weighted by atomic mass is 10.3. The van der Waals surface area contributed by atoms with E-state index in [1.807, 2.05) is 42.5 Å². The summed E-state index contributed by atoms with van der Waals surface area (Å²) < 4.78 is 11.2. The first-order valence-electron chi connectivity index (χ1n) is 6.10. The van der Waals surface area contributed by atoms with E-state index in [4.69, 9.17) is 9.47 Å². The molecule has 1 aromatic heterocycles. The monoisotopic (exact) mass is 263 g/mol. The van der Waals surface area contributed by atoms with Gasteiger partial charge in [0.15, 0.2) is 0 Å². The van der Waals surface area contributed by atoms with Crippen LogP contribution in [0.25, 0.3) is 0 Å². The highest BCUT2D eigenvalue weighted by Crippen LogP contribution is 2.25.